The van der Waals surface area contributed by atoms with E-state index in [-0.39, 0.29) is 6.61 Å². The Labute approximate surface area is 117 Å². The van der Waals surface area contributed by atoms with E-state index < -0.39 is 0 Å². The fourth-order valence-electron chi connectivity index (χ4n) is 2.24. The Morgan fingerprint density at radius 3 is 2.65 bits per heavy atom. The summed E-state index contributed by atoms with van der Waals surface area (Å²) in [5, 5.41) is 8.75. The van der Waals surface area contributed by atoms with E-state index in [2.05, 4.69) is 41.5 Å². The first-order chi connectivity index (χ1) is 9.85. The summed E-state index contributed by atoms with van der Waals surface area (Å²) in [6.07, 6.45) is 10.4. The maximum absolute atomic E-state index is 8.75. The quantitative estimate of drug-likeness (QED) is 0.786. The smallest absolute Gasteiger partial charge is 0.136 e. The Morgan fingerprint density at radius 2 is 1.85 bits per heavy atom. The van der Waals surface area contributed by atoms with Crippen LogP contribution < -0.4 is 0 Å². The molecule has 1 N–H and O–H groups in total. The molecule has 0 unspecified atom stereocenters. The maximum Gasteiger partial charge on any atom is 0.136 e. The van der Waals surface area contributed by atoms with E-state index >= 15 is 0 Å². The molecule has 0 atom stereocenters. The first-order valence-corrected chi connectivity index (χ1v) is 6.63. The predicted molar refractivity (Wildman–Crippen MR) is 80.6 cm³/mol. The summed E-state index contributed by atoms with van der Waals surface area (Å²) in [5.74, 6) is 0. The van der Waals surface area contributed by atoms with Crippen molar-refractivity contribution in [1.82, 2.24) is 9.38 Å². The molecule has 0 spiro atoms. The van der Waals surface area contributed by atoms with Crippen LogP contribution in [0.1, 0.15) is 16.7 Å². The van der Waals surface area contributed by atoms with Crippen molar-refractivity contribution >= 4 is 11.7 Å². The van der Waals surface area contributed by atoms with Gasteiger partial charge in [0, 0.05) is 18.6 Å². The second kappa shape index (κ2) is 5.72. The number of aliphatic hydroxyl groups excluding tert-OH is 1. The van der Waals surface area contributed by atoms with Gasteiger partial charge in [-0.2, -0.15) is 0 Å². The molecule has 0 saturated heterocycles. The lowest BCUT2D eigenvalue weighted by Crippen LogP contribution is -1.92. The largest absolute Gasteiger partial charge is 0.392 e. The number of pyridine rings is 1. The second-order valence-electron chi connectivity index (χ2n) is 4.73. The molecule has 0 saturated carbocycles. The zero-order valence-electron chi connectivity index (χ0n) is 11.1. The summed E-state index contributed by atoms with van der Waals surface area (Å²) < 4.78 is 2.04. The molecule has 0 aliphatic rings. The van der Waals surface area contributed by atoms with E-state index in [9.17, 15) is 0 Å². The zero-order chi connectivity index (χ0) is 13.8. The van der Waals surface area contributed by atoms with E-state index in [4.69, 9.17) is 5.11 Å². The lowest BCUT2D eigenvalue weighted by atomic mass is 10.0. The number of hydrogen-bond donors (Lipinski definition) is 1. The van der Waals surface area contributed by atoms with Gasteiger partial charge in [0.15, 0.2) is 0 Å². The Hall–Kier alpha value is -2.39. The number of rotatable bonds is 4. The third-order valence-corrected chi connectivity index (χ3v) is 3.25. The van der Waals surface area contributed by atoms with Crippen LogP contribution in [0, 0.1) is 0 Å². The van der Waals surface area contributed by atoms with E-state index in [1.165, 1.54) is 11.1 Å². The number of aliphatic hydroxyl groups is 1. The molecular formula is C17H16N2O. The van der Waals surface area contributed by atoms with Crippen molar-refractivity contribution in [3.05, 3.63) is 77.8 Å². The lowest BCUT2D eigenvalue weighted by molar-refractivity contribution is 0.343. The van der Waals surface area contributed by atoms with E-state index in [1.807, 2.05) is 22.7 Å². The third kappa shape index (κ3) is 2.78. The number of fused-ring (bicyclic) bond motifs is 1. The van der Waals surface area contributed by atoms with Gasteiger partial charge in [-0.3, -0.25) is 0 Å². The summed E-state index contributed by atoms with van der Waals surface area (Å²) in [6, 6.07) is 12.5. The topological polar surface area (TPSA) is 37.5 Å². The van der Waals surface area contributed by atoms with Gasteiger partial charge < -0.3 is 9.51 Å². The molecule has 20 heavy (non-hydrogen) atoms. The number of aromatic nitrogens is 2. The van der Waals surface area contributed by atoms with Crippen molar-refractivity contribution in [1.29, 1.82) is 0 Å². The van der Waals surface area contributed by atoms with Gasteiger partial charge in [0.2, 0.25) is 0 Å². The Kier molecular flexibility index (Phi) is 3.61. The molecule has 0 amide bonds. The van der Waals surface area contributed by atoms with Crippen molar-refractivity contribution in [3.8, 4) is 0 Å². The molecule has 3 rings (SSSR count). The van der Waals surface area contributed by atoms with Crippen LogP contribution in [-0.4, -0.2) is 21.1 Å². The average molecular weight is 264 g/mol. The number of imidazole rings is 1. The molecule has 0 bridgehead atoms. The monoisotopic (exact) mass is 264 g/mol. The minimum atomic E-state index is 0.0761. The van der Waals surface area contributed by atoms with Crippen LogP contribution in [0.15, 0.2) is 61.1 Å². The lowest BCUT2D eigenvalue weighted by Gasteiger charge is -2.04. The number of hydrogen-bond acceptors (Lipinski definition) is 2. The third-order valence-electron chi connectivity index (χ3n) is 3.25. The SMILES string of the molecule is OCC=Cc1ccc(Cc2ccc3nccn3c2)cc1. The van der Waals surface area contributed by atoms with Gasteiger partial charge in [-0.05, 0) is 29.2 Å². The van der Waals surface area contributed by atoms with Gasteiger partial charge in [0.05, 0.1) is 6.61 Å². The van der Waals surface area contributed by atoms with E-state index in [0.717, 1.165) is 17.6 Å². The highest BCUT2D eigenvalue weighted by molar-refractivity contribution is 5.50. The highest BCUT2D eigenvalue weighted by Gasteiger charge is 1.99. The maximum atomic E-state index is 8.75. The normalized spacial score (nSPS) is 11.4. The minimum absolute atomic E-state index is 0.0761. The van der Waals surface area contributed by atoms with Crippen LogP contribution in [0.25, 0.3) is 11.7 Å². The van der Waals surface area contributed by atoms with E-state index in [0.29, 0.717) is 0 Å². The Balaban J connectivity index is 1.78. The standard InChI is InChI=1S/C17H16N2O/c20-11-1-2-14-3-5-15(6-4-14)12-16-7-8-17-18-9-10-19(17)13-16/h1-10,13,20H,11-12H2. The molecule has 3 nitrogen and oxygen atoms in total. The van der Waals surface area contributed by atoms with Gasteiger partial charge in [-0.1, -0.05) is 42.5 Å². The molecule has 1 aromatic carbocycles. The van der Waals surface area contributed by atoms with Crippen LogP contribution >= 0.6 is 0 Å². The molecule has 2 aromatic heterocycles. The Morgan fingerprint density at radius 1 is 1.05 bits per heavy atom. The first-order valence-electron chi connectivity index (χ1n) is 6.63. The fraction of sp³-hybridized carbons (Fsp3) is 0.118. The van der Waals surface area contributed by atoms with Gasteiger partial charge in [0.1, 0.15) is 5.65 Å². The van der Waals surface area contributed by atoms with Gasteiger partial charge in [0.25, 0.3) is 0 Å². The number of benzene rings is 1. The van der Waals surface area contributed by atoms with Crippen LogP contribution in [0.4, 0.5) is 0 Å². The molecule has 3 heteroatoms. The summed E-state index contributed by atoms with van der Waals surface area (Å²) in [5.41, 5.74) is 4.60. The molecule has 100 valence electrons. The van der Waals surface area contributed by atoms with Gasteiger partial charge in [-0.25, -0.2) is 4.98 Å². The molecule has 0 fully saturated rings. The number of nitrogens with zero attached hydrogens (tertiary/aromatic N) is 2. The molecule has 3 aromatic rings. The predicted octanol–water partition coefficient (Wildman–Crippen LogP) is 2.93. The summed E-state index contributed by atoms with van der Waals surface area (Å²) >= 11 is 0. The van der Waals surface area contributed by atoms with E-state index in [1.54, 1.807) is 12.3 Å². The van der Waals surface area contributed by atoms with Gasteiger partial charge in [-0.15, -0.1) is 0 Å². The zero-order valence-corrected chi connectivity index (χ0v) is 11.1. The van der Waals surface area contributed by atoms with Gasteiger partial charge >= 0.3 is 0 Å². The molecule has 0 aliphatic heterocycles. The highest BCUT2D eigenvalue weighted by Crippen LogP contribution is 2.13. The Bertz CT molecular complexity index is 726. The fourth-order valence-corrected chi connectivity index (χ4v) is 2.24. The molecule has 0 aliphatic carbocycles. The van der Waals surface area contributed by atoms with Crippen LogP contribution in [0.2, 0.25) is 0 Å². The van der Waals surface area contributed by atoms with Crippen LogP contribution in [0.3, 0.4) is 0 Å². The average Bonchev–Trinajstić information content (AvgIpc) is 2.94. The molecule has 0 radical (unpaired) electrons. The highest BCUT2D eigenvalue weighted by atomic mass is 16.2. The van der Waals surface area contributed by atoms with Crippen LogP contribution in [0.5, 0.6) is 0 Å². The van der Waals surface area contributed by atoms with Crippen molar-refractivity contribution in [2.45, 2.75) is 6.42 Å². The minimum Gasteiger partial charge on any atom is -0.392 e. The summed E-state index contributed by atoms with van der Waals surface area (Å²) in [4.78, 5) is 4.24. The van der Waals surface area contributed by atoms with Crippen molar-refractivity contribution in [3.63, 3.8) is 0 Å². The first kappa shape index (κ1) is 12.6. The molecular weight excluding hydrogens is 248 g/mol. The summed E-state index contributed by atoms with van der Waals surface area (Å²) in [7, 11) is 0. The van der Waals surface area contributed by atoms with Crippen molar-refractivity contribution in [2.24, 2.45) is 0 Å². The molecule has 2 heterocycles. The van der Waals surface area contributed by atoms with Crippen molar-refractivity contribution in [2.75, 3.05) is 6.61 Å². The van der Waals surface area contributed by atoms with Crippen molar-refractivity contribution < 1.29 is 5.11 Å². The second-order valence-corrected chi connectivity index (χ2v) is 4.73. The summed E-state index contributed by atoms with van der Waals surface area (Å²) in [6.45, 7) is 0.0761. The van der Waals surface area contributed by atoms with Crippen LogP contribution in [-0.2, 0) is 6.42 Å².